The SMILES string of the molecule is COC(=O)N[C@H](C(=O)N1CCC[C@H]1c1ncc(-c2ccc(-c3ccc(-c4ccc(-c5cnc([C@@H]6CCCN6C(C)=O)[nH]5)s4)cc3)s2)[nH]1)C(C)C. The lowest BCUT2D eigenvalue weighted by molar-refractivity contribution is -0.135. The van der Waals surface area contributed by atoms with Gasteiger partial charge in [-0.25, -0.2) is 14.8 Å². The highest BCUT2D eigenvalue weighted by atomic mass is 32.1. The molecule has 3 atom stereocenters. The van der Waals surface area contributed by atoms with Crippen LogP contribution in [-0.4, -0.2) is 73.9 Å². The Balaban J connectivity index is 1.02. The zero-order chi connectivity index (χ0) is 34.9. The van der Waals surface area contributed by atoms with E-state index in [1.807, 2.05) is 36.0 Å². The molecule has 0 aliphatic carbocycles. The van der Waals surface area contributed by atoms with Gasteiger partial charge in [0.25, 0.3) is 0 Å². The minimum absolute atomic E-state index is 0.0236. The first kappa shape index (κ1) is 33.7. The summed E-state index contributed by atoms with van der Waals surface area (Å²) in [4.78, 5) is 62.0. The number of nitrogens with one attached hydrogen (secondary N) is 3. The van der Waals surface area contributed by atoms with Crippen molar-refractivity contribution in [1.82, 2.24) is 35.1 Å². The molecule has 13 heteroatoms. The van der Waals surface area contributed by atoms with Crippen molar-refractivity contribution in [2.45, 2.75) is 64.6 Å². The monoisotopic (exact) mass is 711 g/mol. The summed E-state index contributed by atoms with van der Waals surface area (Å²) >= 11 is 3.41. The molecule has 260 valence electrons. The van der Waals surface area contributed by atoms with E-state index in [-0.39, 0.29) is 29.8 Å². The number of thiophene rings is 2. The number of amides is 3. The second-order valence-corrected chi connectivity index (χ2v) is 15.4. The quantitative estimate of drug-likeness (QED) is 0.144. The van der Waals surface area contributed by atoms with Crippen molar-refractivity contribution < 1.29 is 19.1 Å². The number of hydrogen-bond acceptors (Lipinski definition) is 8. The number of nitrogens with zero attached hydrogens (tertiary/aromatic N) is 4. The van der Waals surface area contributed by atoms with E-state index in [1.54, 1.807) is 29.6 Å². The molecule has 2 aliphatic rings. The minimum atomic E-state index is -0.669. The normalized spacial score (nSPS) is 18.2. The van der Waals surface area contributed by atoms with Crippen LogP contribution in [0.1, 0.15) is 70.2 Å². The molecule has 1 aromatic carbocycles. The highest BCUT2D eigenvalue weighted by molar-refractivity contribution is 7.19. The van der Waals surface area contributed by atoms with Crippen molar-refractivity contribution in [3.05, 3.63) is 72.6 Å². The fraction of sp³-hybridized carbons (Fsp3) is 0.378. The van der Waals surface area contributed by atoms with Crippen LogP contribution in [0.5, 0.6) is 0 Å². The number of carbonyl (C=O) groups is 3. The van der Waals surface area contributed by atoms with Crippen molar-refractivity contribution in [3.63, 3.8) is 0 Å². The van der Waals surface area contributed by atoms with Gasteiger partial charge >= 0.3 is 6.09 Å². The second kappa shape index (κ2) is 14.2. The molecule has 0 radical (unpaired) electrons. The van der Waals surface area contributed by atoms with E-state index in [1.165, 1.54) is 12.0 Å². The first-order valence-electron chi connectivity index (χ1n) is 17.0. The molecule has 2 saturated heterocycles. The number of rotatable bonds is 9. The van der Waals surface area contributed by atoms with Gasteiger partial charge in [0.15, 0.2) is 0 Å². The molecule has 6 heterocycles. The third-order valence-corrected chi connectivity index (χ3v) is 11.9. The Labute approximate surface area is 299 Å². The second-order valence-electron chi connectivity index (χ2n) is 13.2. The van der Waals surface area contributed by atoms with Crippen molar-refractivity contribution >= 4 is 40.6 Å². The number of hydrogen-bond donors (Lipinski definition) is 3. The third-order valence-electron chi connectivity index (χ3n) is 9.60. The summed E-state index contributed by atoms with van der Waals surface area (Å²) in [6.07, 6.45) is 6.70. The van der Waals surface area contributed by atoms with Crippen molar-refractivity contribution in [3.8, 4) is 42.0 Å². The van der Waals surface area contributed by atoms with Gasteiger partial charge in [0.05, 0.1) is 52.7 Å². The molecule has 0 bridgehead atoms. The van der Waals surface area contributed by atoms with E-state index in [2.05, 4.69) is 68.8 Å². The average Bonchev–Trinajstić information content (AvgIpc) is 3.96. The molecule has 0 unspecified atom stereocenters. The Morgan fingerprint density at radius 2 is 1.26 bits per heavy atom. The molecular weight excluding hydrogens is 671 g/mol. The van der Waals surface area contributed by atoms with Gasteiger partial charge in [0.1, 0.15) is 17.7 Å². The Morgan fingerprint density at radius 3 is 1.74 bits per heavy atom. The number of likely N-dealkylation sites (tertiary alicyclic amines) is 2. The fourth-order valence-corrected chi connectivity index (χ4v) is 8.91. The number of aromatic nitrogens is 4. The maximum absolute atomic E-state index is 13.5. The minimum Gasteiger partial charge on any atom is -0.453 e. The van der Waals surface area contributed by atoms with E-state index in [9.17, 15) is 14.4 Å². The van der Waals surface area contributed by atoms with Crippen LogP contribution in [0, 0.1) is 5.92 Å². The van der Waals surface area contributed by atoms with E-state index in [4.69, 9.17) is 9.72 Å². The van der Waals surface area contributed by atoms with Crippen LogP contribution in [0.2, 0.25) is 0 Å². The fourth-order valence-electron chi connectivity index (χ4n) is 6.96. The molecule has 4 aromatic heterocycles. The smallest absolute Gasteiger partial charge is 0.407 e. The molecule has 5 aromatic rings. The van der Waals surface area contributed by atoms with Crippen LogP contribution < -0.4 is 5.32 Å². The van der Waals surface area contributed by atoms with Gasteiger partial charge in [0.2, 0.25) is 11.8 Å². The van der Waals surface area contributed by atoms with E-state index in [0.29, 0.717) is 6.54 Å². The van der Waals surface area contributed by atoms with Crippen molar-refractivity contribution in [2.24, 2.45) is 5.92 Å². The topological polar surface area (TPSA) is 136 Å². The number of benzene rings is 1. The van der Waals surface area contributed by atoms with Crippen LogP contribution in [0.25, 0.3) is 42.0 Å². The predicted octanol–water partition coefficient (Wildman–Crippen LogP) is 7.65. The maximum atomic E-state index is 13.5. The molecule has 2 aliphatic heterocycles. The Morgan fingerprint density at radius 1 is 0.780 bits per heavy atom. The molecule has 7 rings (SSSR count). The molecular formula is C37H41N7O4S2. The van der Waals surface area contributed by atoms with Crippen LogP contribution in [0.15, 0.2) is 60.9 Å². The van der Waals surface area contributed by atoms with E-state index in [0.717, 1.165) is 81.0 Å². The van der Waals surface area contributed by atoms with Crippen molar-refractivity contribution in [1.29, 1.82) is 0 Å². The third kappa shape index (κ3) is 6.71. The van der Waals surface area contributed by atoms with Crippen molar-refractivity contribution in [2.75, 3.05) is 20.2 Å². The van der Waals surface area contributed by atoms with Gasteiger partial charge in [-0.2, -0.15) is 0 Å². The summed E-state index contributed by atoms with van der Waals surface area (Å²) in [5.74, 6) is 1.49. The summed E-state index contributed by atoms with van der Waals surface area (Å²) in [5, 5.41) is 2.70. The standard InChI is InChI=1S/C37H41N7O4S2/c1-21(2)33(42-37(47)48-4)36(46)44-18-6-8-28(44)35-39-20-26(41-35)32-16-14-30(50-32)24-11-9-23(10-12-24)29-13-15-31(49-29)25-19-38-34(40-25)27-7-5-17-43(27)22(3)45/h9-16,19-21,27-28,33H,5-8,17-18H2,1-4H3,(H,38,40)(H,39,41)(H,42,47)/t27-,28-,33-/m0/s1. The number of methoxy groups -OCH3 is 1. The average molecular weight is 712 g/mol. The predicted molar refractivity (Wildman–Crippen MR) is 195 cm³/mol. The summed E-state index contributed by atoms with van der Waals surface area (Å²) in [7, 11) is 1.30. The molecule has 0 spiro atoms. The molecule has 50 heavy (non-hydrogen) atoms. The van der Waals surface area contributed by atoms with E-state index < -0.39 is 12.1 Å². The van der Waals surface area contributed by atoms with Crippen LogP contribution in [-0.2, 0) is 14.3 Å². The molecule has 0 saturated carbocycles. The van der Waals surface area contributed by atoms with Gasteiger partial charge in [-0.1, -0.05) is 38.1 Å². The van der Waals surface area contributed by atoms with Gasteiger partial charge in [-0.05, 0) is 67.0 Å². The van der Waals surface area contributed by atoms with Crippen LogP contribution in [0.3, 0.4) is 0 Å². The number of carbonyl (C=O) groups excluding carboxylic acids is 3. The van der Waals surface area contributed by atoms with Gasteiger partial charge in [-0.15, -0.1) is 22.7 Å². The van der Waals surface area contributed by atoms with Crippen LogP contribution in [0.4, 0.5) is 4.79 Å². The zero-order valence-electron chi connectivity index (χ0n) is 28.6. The number of imidazole rings is 2. The zero-order valence-corrected chi connectivity index (χ0v) is 30.2. The summed E-state index contributed by atoms with van der Waals surface area (Å²) < 4.78 is 4.76. The summed E-state index contributed by atoms with van der Waals surface area (Å²) in [6.45, 7) is 6.85. The number of ether oxygens (including phenoxy) is 1. The Bertz CT molecular complexity index is 1990. The van der Waals surface area contributed by atoms with E-state index >= 15 is 0 Å². The first-order chi connectivity index (χ1) is 24.2. The molecule has 3 amide bonds. The highest BCUT2D eigenvalue weighted by Gasteiger charge is 2.37. The van der Waals surface area contributed by atoms with Gasteiger partial charge in [0, 0.05) is 29.8 Å². The Hall–Kier alpha value is -4.75. The number of alkyl carbamates (subject to hydrolysis) is 1. The lowest BCUT2D eigenvalue weighted by Gasteiger charge is -2.30. The number of H-pyrrole nitrogens is 2. The summed E-state index contributed by atoms with van der Waals surface area (Å²) in [5.41, 5.74) is 4.17. The highest BCUT2D eigenvalue weighted by Crippen LogP contribution is 2.39. The molecule has 2 fully saturated rings. The van der Waals surface area contributed by atoms with Crippen LogP contribution >= 0.6 is 22.7 Å². The largest absolute Gasteiger partial charge is 0.453 e. The Kier molecular flexibility index (Phi) is 9.60. The molecule has 3 N–H and O–H groups in total. The van der Waals surface area contributed by atoms with Gasteiger partial charge in [-0.3, -0.25) is 9.59 Å². The lowest BCUT2D eigenvalue weighted by Crippen LogP contribution is -2.51. The first-order valence-corrected chi connectivity index (χ1v) is 18.7. The van der Waals surface area contributed by atoms with Gasteiger partial charge < -0.3 is 29.8 Å². The summed E-state index contributed by atoms with van der Waals surface area (Å²) in [6, 6.07) is 16.3. The number of aromatic amines is 2. The lowest BCUT2D eigenvalue weighted by atomic mass is 10.0. The maximum Gasteiger partial charge on any atom is 0.407 e. The molecule has 11 nitrogen and oxygen atoms in total.